The Balaban J connectivity index is 0.000000279. The summed E-state index contributed by atoms with van der Waals surface area (Å²) in [7, 11) is 1.50. The first-order chi connectivity index (χ1) is 17.1. The number of rotatable bonds is 5. The van der Waals surface area contributed by atoms with Crippen molar-refractivity contribution in [3.63, 3.8) is 0 Å². The zero-order valence-corrected chi connectivity index (χ0v) is 25.1. The summed E-state index contributed by atoms with van der Waals surface area (Å²) in [5.41, 5.74) is 8.56. The van der Waals surface area contributed by atoms with E-state index in [9.17, 15) is 0 Å². The van der Waals surface area contributed by atoms with Crippen molar-refractivity contribution in [3.8, 4) is 0 Å². The molecular formula is C33H61N3. The highest BCUT2D eigenvalue weighted by Crippen LogP contribution is 2.76. The summed E-state index contributed by atoms with van der Waals surface area (Å²) in [6, 6.07) is 0.342. The summed E-state index contributed by atoms with van der Waals surface area (Å²) in [5.74, 6) is 12.5. The van der Waals surface area contributed by atoms with E-state index in [1.54, 1.807) is 49.1 Å². The number of nitrogens with zero attached hydrogens (tertiary/aromatic N) is 1. The van der Waals surface area contributed by atoms with Crippen molar-refractivity contribution in [1.29, 1.82) is 0 Å². The van der Waals surface area contributed by atoms with Crippen molar-refractivity contribution in [2.45, 2.75) is 112 Å². The molecule has 5 aliphatic rings. The van der Waals surface area contributed by atoms with Gasteiger partial charge in [0.1, 0.15) is 0 Å². The Labute approximate surface area is 225 Å². The predicted octanol–water partition coefficient (Wildman–Crippen LogP) is 8.34. The highest BCUT2D eigenvalue weighted by Gasteiger charge is 2.68. The lowest BCUT2D eigenvalue weighted by atomic mass is 9.50. The van der Waals surface area contributed by atoms with Gasteiger partial charge < -0.3 is 10.7 Å². The molecule has 4 N–H and O–H groups in total. The summed E-state index contributed by atoms with van der Waals surface area (Å²) in [4.78, 5) is 0. The predicted molar refractivity (Wildman–Crippen MR) is 159 cm³/mol. The number of nitrogens with two attached hydrogens (primary N) is 2. The lowest BCUT2D eigenvalue weighted by molar-refractivity contribution is -0.0501. The third kappa shape index (κ3) is 5.53. The van der Waals surface area contributed by atoms with Crippen LogP contribution in [-0.2, 0) is 0 Å². The molecule has 0 aromatic carbocycles. The van der Waals surface area contributed by atoms with E-state index in [4.69, 9.17) is 5.84 Å². The maximum Gasteiger partial charge on any atom is 0.0392 e. The van der Waals surface area contributed by atoms with Crippen LogP contribution in [-0.4, -0.2) is 18.1 Å². The van der Waals surface area contributed by atoms with Crippen LogP contribution in [0.25, 0.3) is 0 Å². The Morgan fingerprint density at radius 3 is 1.94 bits per heavy atom. The molecule has 0 saturated heterocycles. The molecule has 1 spiro atoms. The molecule has 5 fully saturated rings. The lowest BCUT2D eigenvalue weighted by Crippen LogP contribution is -2.47. The molecule has 0 bridgehead atoms. The summed E-state index contributed by atoms with van der Waals surface area (Å²) in [5, 5.41) is 1.71. The molecule has 0 heterocycles. The van der Waals surface area contributed by atoms with Gasteiger partial charge >= 0.3 is 0 Å². The van der Waals surface area contributed by atoms with E-state index in [1.165, 1.54) is 38.6 Å². The van der Waals surface area contributed by atoms with Crippen molar-refractivity contribution < 1.29 is 0 Å². The molecule has 36 heavy (non-hydrogen) atoms. The average Bonchev–Trinajstić information content (AvgIpc) is 3.26. The summed E-state index contributed by atoms with van der Waals surface area (Å²) in [6.07, 6.45) is 15.3. The van der Waals surface area contributed by atoms with Crippen LogP contribution < -0.4 is 11.6 Å². The van der Waals surface area contributed by atoms with Crippen LogP contribution in [0.5, 0.6) is 0 Å². The topological polar surface area (TPSA) is 55.3 Å². The van der Waals surface area contributed by atoms with Crippen molar-refractivity contribution in [3.05, 3.63) is 37.6 Å². The first-order valence-electron chi connectivity index (χ1n) is 15.0. The molecule has 5 rings (SSSR count). The molecule has 8 unspecified atom stereocenters. The van der Waals surface area contributed by atoms with E-state index < -0.39 is 0 Å². The van der Waals surface area contributed by atoms with Crippen LogP contribution in [0.4, 0.5) is 0 Å². The van der Waals surface area contributed by atoms with Gasteiger partial charge in [-0.1, -0.05) is 46.4 Å². The standard InChI is InChI=1S/C22H34.C8H18N2.C2H4.CH5N/c1-4-14(2)18-7-8-19-16-10-12-22-13-15(22)5-6-20(22)17(16)9-11-21(18,19)3;1-6(2)8(5)10(9)7(3)4;2*1-2/h15-20H,2,4-13H2,1,3H3;6-7H,5,9H2,1-4H3;1-2H2;2H2,1H3. The summed E-state index contributed by atoms with van der Waals surface area (Å²) in [6.45, 7) is 27.6. The van der Waals surface area contributed by atoms with Crippen molar-refractivity contribution in [1.82, 2.24) is 5.01 Å². The molecule has 0 aromatic heterocycles. The Hall–Kier alpha value is -1.06. The first-order valence-corrected chi connectivity index (χ1v) is 15.0. The molecule has 5 saturated carbocycles. The van der Waals surface area contributed by atoms with E-state index in [0.29, 0.717) is 17.4 Å². The molecule has 0 aliphatic heterocycles. The largest absolute Gasteiger partial charge is 0.333 e. The van der Waals surface area contributed by atoms with Gasteiger partial charge in [0, 0.05) is 11.7 Å². The smallest absolute Gasteiger partial charge is 0.0392 e. The Kier molecular flexibility index (Phi) is 11.0. The molecule has 3 heteroatoms. The number of hydrogen-bond acceptors (Lipinski definition) is 3. The minimum atomic E-state index is 0.342. The average molecular weight is 500 g/mol. The maximum absolute atomic E-state index is 5.69. The van der Waals surface area contributed by atoms with Gasteiger partial charge in [0.15, 0.2) is 0 Å². The SMILES string of the molecule is C=C.C=C(C(C)C)N(N)C(C)C.C=C(CC)C1CCC2C3CCC45CC4CCC5C3CCC12C.CN. The molecule has 0 aromatic rings. The molecule has 208 valence electrons. The van der Waals surface area contributed by atoms with Gasteiger partial charge in [-0.3, -0.25) is 0 Å². The maximum atomic E-state index is 5.69. The van der Waals surface area contributed by atoms with Crippen LogP contribution in [0.1, 0.15) is 106 Å². The summed E-state index contributed by atoms with van der Waals surface area (Å²) >= 11 is 0. The van der Waals surface area contributed by atoms with Crippen molar-refractivity contribution in [2.24, 2.45) is 63.8 Å². The van der Waals surface area contributed by atoms with Crippen LogP contribution in [0, 0.1) is 52.3 Å². The lowest BCUT2D eigenvalue weighted by Gasteiger charge is -2.55. The number of hydrazine groups is 1. The van der Waals surface area contributed by atoms with Crippen molar-refractivity contribution >= 4 is 0 Å². The fourth-order valence-corrected chi connectivity index (χ4v) is 9.26. The third-order valence-electron chi connectivity index (χ3n) is 11.3. The molecular weight excluding hydrogens is 438 g/mol. The first kappa shape index (κ1) is 31.2. The Morgan fingerprint density at radius 1 is 0.889 bits per heavy atom. The fraction of sp³-hybridized carbons (Fsp3) is 0.818. The highest BCUT2D eigenvalue weighted by atomic mass is 15.4. The number of allylic oxidation sites excluding steroid dienone is 2. The van der Waals surface area contributed by atoms with Crippen molar-refractivity contribution in [2.75, 3.05) is 7.05 Å². The van der Waals surface area contributed by atoms with Gasteiger partial charge in [-0.15, -0.1) is 13.2 Å². The second kappa shape index (κ2) is 12.7. The molecule has 8 atom stereocenters. The zero-order chi connectivity index (χ0) is 27.4. The number of hydrogen-bond donors (Lipinski definition) is 2. The van der Waals surface area contributed by atoms with Gasteiger partial charge in [-0.2, -0.15) is 0 Å². The van der Waals surface area contributed by atoms with Gasteiger partial charge in [0.2, 0.25) is 0 Å². The van der Waals surface area contributed by atoms with Gasteiger partial charge in [-0.25, -0.2) is 5.84 Å². The molecule has 5 aliphatic carbocycles. The van der Waals surface area contributed by atoms with E-state index >= 15 is 0 Å². The van der Waals surface area contributed by atoms with Crippen LogP contribution in [0.15, 0.2) is 37.6 Å². The minimum absolute atomic E-state index is 0.342. The molecule has 3 nitrogen and oxygen atoms in total. The molecule has 0 radical (unpaired) electrons. The minimum Gasteiger partial charge on any atom is -0.333 e. The Morgan fingerprint density at radius 2 is 1.44 bits per heavy atom. The van der Waals surface area contributed by atoms with E-state index in [-0.39, 0.29) is 0 Å². The zero-order valence-electron chi connectivity index (χ0n) is 25.1. The van der Waals surface area contributed by atoms with Crippen LogP contribution >= 0.6 is 0 Å². The van der Waals surface area contributed by atoms with Gasteiger partial charge in [0.05, 0.1) is 0 Å². The monoisotopic (exact) mass is 499 g/mol. The Bertz CT molecular complexity index is 741. The summed E-state index contributed by atoms with van der Waals surface area (Å²) < 4.78 is 0. The van der Waals surface area contributed by atoms with E-state index in [1.807, 2.05) is 13.8 Å². The van der Waals surface area contributed by atoms with Gasteiger partial charge in [-0.05, 0) is 137 Å². The van der Waals surface area contributed by atoms with Gasteiger partial charge in [0.25, 0.3) is 0 Å². The van der Waals surface area contributed by atoms with E-state index in [0.717, 1.165) is 40.7 Å². The normalized spacial score (nSPS) is 39.0. The quantitative estimate of drug-likeness (QED) is 0.227. The second-order valence-corrected chi connectivity index (χ2v) is 13.1. The third-order valence-corrected chi connectivity index (χ3v) is 11.3. The highest BCUT2D eigenvalue weighted by molar-refractivity contribution is 5.20. The number of fused-ring (bicyclic) bond motifs is 4. The second-order valence-electron chi connectivity index (χ2n) is 13.1. The van der Waals surface area contributed by atoms with Crippen LogP contribution in [0.3, 0.4) is 0 Å². The molecule has 0 amide bonds. The van der Waals surface area contributed by atoms with E-state index in [2.05, 4.69) is 59.7 Å². The van der Waals surface area contributed by atoms with Crippen LogP contribution in [0.2, 0.25) is 0 Å². The fourth-order valence-electron chi connectivity index (χ4n) is 9.26.